The largest absolute Gasteiger partial charge is 0.309 e. The summed E-state index contributed by atoms with van der Waals surface area (Å²) in [5.41, 5.74) is 0.394. The lowest BCUT2D eigenvalue weighted by Gasteiger charge is -2.59. The molecule has 0 amide bonds. The Labute approximate surface area is 270 Å². The Morgan fingerprint density at radius 1 is 0.674 bits per heavy atom. The van der Waals surface area contributed by atoms with Crippen LogP contribution in [-0.4, -0.2) is 149 Å². The van der Waals surface area contributed by atoms with Gasteiger partial charge in [-0.2, -0.15) is 0 Å². The molecule has 2 aliphatic rings. The second kappa shape index (κ2) is 20.8. The SMILES string of the molecule is CCN(CC)CCCC(CCCN(C)C)(N(CC)CC)C([CH]C1CCCN(C)C1)(CCCN1CCCCC1)CCN(C)C. The standard InChI is InChI=1S/C37H77N6/c1-10-41(11-2)30-20-24-37(43(12-3)13-4,23-19-26-38(5)6)36(25-32-39(7)8,33-35-21-17-27-40(9)34-35)22-18-31-42-28-15-14-16-29-42/h33,35H,10-32,34H2,1-9H3. The van der Waals surface area contributed by atoms with Gasteiger partial charge in [-0.1, -0.05) is 34.1 Å². The smallest absolute Gasteiger partial charge is 0.0269 e. The van der Waals surface area contributed by atoms with Gasteiger partial charge in [0, 0.05) is 12.1 Å². The molecule has 2 heterocycles. The highest BCUT2D eigenvalue weighted by atomic mass is 15.2. The molecule has 0 aromatic carbocycles. The van der Waals surface area contributed by atoms with E-state index in [9.17, 15) is 0 Å². The first-order valence-electron chi connectivity index (χ1n) is 18.7. The van der Waals surface area contributed by atoms with Crippen molar-refractivity contribution in [3.63, 3.8) is 0 Å². The summed E-state index contributed by atoms with van der Waals surface area (Å²) in [6.45, 7) is 24.2. The highest BCUT2D eigenvalue weighted by molar-refractivity contribution is 5.14. The predicted octanol–water partition coefficient (Wildman–Crippen LogP) is 6.28. The lowest BCUT2D eigenvalue weighted by molar-refractivity contribution is -0.0548. The van der Waals surface area contributed by atoms with Crippen LogP contribution in [0.3, 0.4) is 0 Å². The fourth-order valence-corrected chi connectivity index (χ4v) is 8.84. The maximum absolute atomic E-state index is 3.02. The molecule has 0 aromatic rings. The van der Waals surface area contributed by atoms with Gasteiger partial charge in [-0.25, -0.2) is 0 Å². The molecule has 0 aliphatic carbocycles. The number of nitrogens with zero attached hydrogens (tertiary/aromatic N) is 6. The minimum absolute atomic E-state index is 0.188. The second-order valence-corrected chi connectivity index (χ2v) is 14.8. The Morgan fingerprint density at radius 3 is 1.86 bits per heavy atom. The van der Waals surface area contributed by atoms with Crippen LogP contribution in [0.25, 0.3) is 0 Å². The zero-order valence-electron chi connectivity index (χ0n) is 30.8. The summed E-state index contributed by atoms with van der Waals surface area (Å²) in [5.74, 6) is 0.697. The molecule has 3 unspecified atom stereocenters. The Balaban J connectivity index is 2.61. The van der Waals surface area contributed by atoms with Crippen LogP contribution in [-0.2, 0) is 0 Å². The molecule has 0 aromatic heterocycles. The topological polar surface area (TPSA) is 19.4 Å². The normalized spacial score (nSPS) is 22.1. The molecular formula is C37H77N6. The van der Waals surface area contributed by atoms with E-state index in [2.05, 4.69) is 98.8 Å². The molecule has 2 rings (SSSR count). The van der Waals surface area contributed by atoms with E-state index in [-0.39, 0.29) is 11.0 Å². The first kappa shape index (κ1) is 38.9. The first-order valence-corrected chi connectivity index (χ1v) is 18.7. The van der Waals surface area contributed by atoms with Crippen molar-refractivity contribution < 1.29 is 0 Å². The molecule has 1 radical (unpaired) electrons. The Morgan fingerprint density at radius 2 is 1.30 bits per heavy atom. The Kier molecular flexibility index (Phi) is 18.8. The van der Waals surface area contributed by atoms with E-state index < -0.39 is 0 Å². The zero-order chi connectivity index (χ0) is 31.7. The third-order valence-corrected chi connectivity index (χ3v) is 11.2. The van der Waals surface area contributed by atoms with Crippen molar-refractivity contribution in [2.75, 3.05) is 114 Å². The highest BCUT2D eigenvalue weighted by Crippen LogP contribution is 2.53. The zero-order valence-corrected chi connectivity index (χ0v) is 30.8. The van der Waals surface area contributed by atoms with E-state index in [4.69, 9.17) is 0 Å². The van der Waals surface area contributed by atoms with Crippen LogP contribution in [0.15, 0.2) is 0 Å². The summed E-state index contributed by atoms with van der Waals surface area (Å²) in [6.07, 6.45) is 19.1. The van der Waals surface area contributed by atoms with Crippen LogP contribution in [0.4, 0.5) is 0 Å². The third-order valence-electron chi connectivity index (χ3n) is 11.2. The van der Waals surface area contributed by atoms with Gasteiger partial charge in [-0.15, -0.1) is 0 Å². The van der Waals surface area contributed by atoms with Crippen molar-refractivity contribution in [2.24, 2.45) is 11.3 Å². The van der Waals surface area contributed by atoms with Gasteiger partial charge in [0.15, 0.2) is 0 Å². The summed E-state index contributed by atoms with van der Waals surface area (Å²) in [5, 5.41) is 0. The van der Waals surface area contributed by atoms with Crippen molar-refractivity contribution in [1.29, 1.82) is 0 Å². The summed E-state index contributed by atoms with van der Waals surface area (Å²) in [7, 11) is 11.5. The minimum Gasteiger partial charge on any atom is -0.309 e. The summed E-state index contributed by atoms with van der Waals surface area (Å²) in [6, 6.07) is 0. The van der Waals surface area contributed by atoms with Gasteiger partial charge >= 0.3 is 0 Å². The Bertz CT molecular complexity index is 687. The third kappa shape index (κ3) is 12.5. The molecule has 0 bridgehead atoms. The van der Waals surface area contributed by atoms with Gasteiger partial charge in [0.05, 0.1) is 0 Å². The van der Waals surface area contributed by atoms with Gasteiger partial charge in [0.2, 0.25) is 0 Å². The van der Waals surface area contributed by atoms with E-state index in [0.717, 1.165) is 26.2 Å². The minimum atomic E-state index is 0.188. The van der Waals surface area contributed by atoms with Gasteiger partial charge in [0.25, 0.3) is 0 Å². The van der Waals surface area contributed by atoms with Crippen molar-refractivity contribution in [3.05, 3.63) is 6.42 Å². The highest BCUT2D eigenvalue weighted by Gasteiger charge is 2.53. The molecule has 43 heavy (non-hydrogen) atoms. The molecule has 6 nitrogen and oxygen atoms in total. The number of rotatable bonds is 23. The van der Waals surface area contributed by atoms with Crippen LogP contribution in [0.5, 0.6) is 0 Å². The average molecular weight is 606 g/mol. The molecule has 6 heteroatoms. The molecular weight excluding hydrogens is 528 g/mol. The van der Waals surface area contributed by atoms with Crippen LogP contribution in [0, 0.1) is 17.8 Å². The maximum atomic E-state index is 3.02. The monoisotopic (exact) mass is 606 g/mol. The van der Waals surface area contributed by atoms with E-state index >= 15 is 0 Å². The maximum Gasteiger partial charge on any atom is 0.0269 e. The average Bonchev–Trinajstić information content (AvgIpc) is 2.98. The number of piperidine rings is 2. The molecule has 0 spiro atoms. The lowest BCUT2D eigenvalue weighted by atomic mass is 9.56. The van der Waals surface area contributed by atoms with Crippen LogP contribution in [0.2, 0.25) is 0 Å². The number of hydrogen-bond donors (Lipinski definition) is 0. The fourth-order valence-electron chi connectivity index (χ4n) is 8.84. The quantitative estimate of drug-likeness (QED) is 0.136. The van der Waals surface area contributed by atoms with Crippen LogP contribution in [0.1, 0.15) is 105 Å². The van der Waals surface area contributed by atoms with Crippen molar-refractivity contribution in [1.82, 2.24) is 29.4 Å². The van der Waals surface area contributed by atoms with Crippen LogP contribution >= 0.6 is 0 Å². The van der Waals surface area contributed by atoms with Gasteiger partial charge < -0.3 is 24.5 Å². The summed E-state index contributed by atoms with van der Waals surface area (Å²) in [4.78, 5) is 15.9. The van der Waals surface area contributed by atoms with E-state index in [1.54, 1.807) is 0 Å². The van der Waals surface area contributed by atoms with Gasteiger partial charge in [0.1, 0.15) is 0 Å². The van der Waals surface area contributed by atoms with Crippen molar-refractivity contribution in [2.45, 2.75) is 110 Å². The van der Waals surface area contributed by atoms with E-state index in [1.807, 2.05) is 0 Å². The Hall–Kier alpha value is -0.240. The summed E-state index contributed by atoms with van der Waals surface area (Å²) < 4.78 is 0. The molecule has 3 atom stereocenters. The van der Waals surface area contributed by atoms with Gasteiger partial charge in [-0.3, -0.25) is 4.90 Å². The molecule has 2 aliphatic heterocycles. The van der Waals surface area contributed by atoms with E-state index in [1.165, 1.54) is 129 Å². The fraction of sp³-hybridized carbons (Fsp3) is 0.973. The van der Waals surface area contributed by atoms with Gasteiger partial charge in [-0.05, 0) is 196 Å². The lowest BCUT2D eigenvalue weighted by Crippen LogP contribution is -2.62. The predicted molar refractivity (Wildman–Crippen MR) is 190 cm³/mol. The molecule has 2 fully saturated rings. The van der Waals surface area contributed by atoms with Crippen LogP contribution < -0.4 is 0 Å². The molecule has 2 saturated heterocycles. The van der Waals surface area contributed by atoms with Crippen molar-refractivity contribution in [3.8, 4) is 0 Å². The summed E-state index contributed by atoms with van der Waals surface area (Å²) >= 11 is 0. The second-order valence-electron chi connectivity index (χ2n) is 14.8. The number of hydrogen-bond acceptors (Lipinski definition) is 6. The first-order chi connectivity index (χ1) is 20.6. The molecule has 0 saturated carbocycles. The van der Waals surface area contributed by atoms with Crippen molar-refractivity contribution >= 4 is 0 Å². The molecule has 0 N–H and O–H groups in total. The number of likely N-dealkylation sites (tertiary alicyclic amines) is 2. The molecule has 255 valence electrons. The van der Waals surface area contributed by atoms with E-state index in [0.29, 0.717) is 5.92 Å².